The molecule has 1 aliphatic rings. The molecule has 1 N–H and O–H groups in total. The van der Waals surface area contributed by atoms with Gasteiger partial charge in [0.1, 0.15) is 24.7 Å². The number of amides is 2. The van der Waals surface area contributed by atoms with Gasteiger partial charge in [0.2, 0.25) is 5.91 Å². The average molecular weight is 988 g/mol. The summed E-state index contributed by atoms with van der Waals surface area (Å²) in [6.45, 7) is 16.2. The first-order chi connectivity index (χ1) is 32.2. The van der Waals surface area contributed by atoms with Crippen LogP contribution in [0, 0.1) is 41.5 Å². The molecule has 0 radical (unpaired) electrons. The molecule has 0 saturated carbocycles. The zero-order chi connectivity index (χ0) is 48.7. The first-order valence-electron chi connectivity index (χ1n) is 22.4. The number of aryl methyl sites for hydroxylation is 6. The molecular formula is C51H52K3N9O5. The summed E-state index contributed by atoms with van der Waals surface area (Å²) >= 11 is 2.50. The summed E-state index contributed by atoms with van der Waals surface area (Å²) < 4.78 is 9.51. The quantitative estimate of drug-likeness (QED) is 0.0585. The number of aromatic nitrogens is 2. The number of carboxylic acid groups (broad SMARTS) is 1. The van der Waals surface area contributed by atoms with Crippen LogP contribution in [-0.2, 0) is 14.3 Å². The van der Waals surface area contributed by atoms with Crippen molar-refractivity contribution < 1.29 is 77.0 Å². The Morgan fingerprint density at radius 1 is 0.691 bits per heavy atom. The van der Waals surface area contributed by atoms with Crippen LogP contribution in [0.5, 0.6) is 0 Å². The molecule has 8 rings (SSSR count). The molecule has 0 unspecified atom stereocenters. The number of hydrogen-bond acceptors (Lipinski definition) is 6. The van der Waals surface area contributed by atoms with E-state index in [1.165, 1.54) is 74.3 Å². The van der Waals surface area contributed by atoms with E-state index < -0.39 is 47.9 Å². The minimum atomic E-state index is -1.16. The summed E-state index contributed by atoms with van der Waals surface area (Å²) in [6.07, 6.45) is 3.26. The summed E-state index contributed by atoms with van der Waals surface area (Å²) in [6, 6.07) is 30.8. The Morgan fingerprint density at radius 3 is 1.51 bits per heavy atom. The van der Waals surface area contributed by atoms with Crippen LogP contribution in [0.1, 0.15) is 83.2 Å². The van der Waals surface area contributed by atoms with Crippen molar-refractivity contribution in [1.82, 2.24) is 14.0 Å². The van der Waals surface area contributed by atoms with Gasteiger partial charge in [0.15, 0.2) is 0 Å². The third kappa shape index (κ3) is 12.1. The first kappa shape index (κ1) is 56.0. The number of carbonyl (C=O) groups excluding carboxylic acids is 2. The van der Waals surface area contributed by atoms with Gasteiger partial charge in [-0.2, -0.15) is 0 Å². The van der Waals surface area contributed by atoms with Crippen molar-refractivity contribution >= 4 is 103 Å². The van der Waals surface area contributed by atoms with Gasteiger partial charge in [0.25, 0.3) is 0 Å². The van der Waals surface area contributed by atoms with E-state index in [4.69, 9.17) is 10.3 Å². The van der Waals surface area contributed by atoms with Crippen LogP contribution in [0.15, 0.2) is 126 Å². The van der Waals surface area contributed by atoms with Crippen molar-refractivity contribution in [3.63, 3.8) is 0 Å². The zero-order valence-corrected chi connectivity index (χ0v) is 50.0. The maximum absolute atomic E-state index is 13.9. The minimum absolute atomic E-state index is 0. The van der Waals surface area contributed by atoms with Crippen LogP contribution in [0.4, 0.5) is 4.79 Å². The Hall–Kier alpha value is -2.88. The van der Waals surface area contributed by atoms with Crippen molar-refractivity contribution in [2.45, 2.75) is 85.4 Å². The number of nitrogens with zero attached hydrogens (tertiary/aromatic N) is 9. The summed E-state index contributed by atoms with van der Waals surface area (Å²) in [4.78, 5) is 45.0. The van der Waals surface area contributed by atoms with E-state index in [-0.39, 0.29) is 59.4 Å². The van der Waals surface area contributed by atoms with Crippen LogP contribution in [-0.4, -0.2) is 119 Å². The van der Waals surface area contributed by atoms with Crippen LogP contribution in [0.2, 0.25) is 0 Å². The fraction of sp³-hybridized carbons (Fsp3) is 0.275. The molecule has 1 fully saturated rings. The molecule has 1 aliphatic heterocycles. The molecule has 5 atom stereocenters. The predicted octanol–water partition coefficient (Wildman–Crippen LogP) is 8.84. The van der Waals surface area contributed by atoms with E-state index in [1.807, 2.05) is 98.2 Å². The van der Waals surface area contributed by atoms with Gasteiger partial charge in [-0.15, -0.1) is 0 Å². The Balaban J connectivity index is 0.000000297. The molecule has 0 aliphatic carbocycles. The van der Waals surface area contributed by atoms with Crippen molar-refractivity contribution in [3.8, 4) is 11.4 Å². The second-order valence-corrected chi connectivity index (χ2v) is 16.9. The standard InChI is InChI=1S/C30H29N5O3.C21H22N4O2.3K.H/c1-18-14-19(2)28(20(3)15-18)34-16-24(23-12-8-9-13-25(23)34)21(4)27(32-33-31)29(36)35-26(17-38-30(35)37)22-10-6-5-7-11-22;1-12-9-13(2)20(14(3)10-12)25-11-17(16-7-5-6-8-18(16)25)15(4)19(21(26)27)23-24-22;;;;/h5-16,21,26-27H,17H2,1-4H3;5-11,15,19H,1-4H3,(H,26,27);;;;/q;;;;+1;-1/t21-,26-,27-;15-,19-;;;;/m00..../s1. The van der Waals surface area contributed by atoms with Crippen LogP contribution in [0.3, 0.4) is 0 Å². The zero-order valence-electron chi connectivity index (χ0n) is 41.7. The fourth-order valence-electron chi connectivity index (χ4n) is 9.52. The van der Waals surface area contributed by atoms with Gasteiger partial charge in [-0.1, -0.05) is 126 Å². The van der Waals surface area contributed by atoms with Crippen LogP contribution in [0.25, 0.3) is 54.1 Å². The van der Waals surface area contributed by atoms with E-state index in [2.05, 4.69) is 95.0 Å². The monoisotopic (exact) mass is 987 g/mol. The van der Waals surface area contributed by atoms with E-state index in [0.29, 0.717) is 0 Å². The third-order valence-corrected chi connectivity index (χ3v) is 12.3. The number of azide groups is 2. The molecule has 1 saturated heterocycles. The number of aliphatic carboxylic acids is 1. The number of carbonyl (C=O) groups is 3. The van der Waals surface area contributed by atoms with Crippen molar-refractivity contribution in [2.24, 2.45) is 10.2 Å². The van der Waals surface area contributed by atoms with Crippen molar-refractivity contribution in [3.05, 3.63) is 186 Å². The second kappa shape index (κ2) is 25.5. The molecule has 17 heteroatoms. The summed E-state index contributed by atoms with van der Waals surface area (Å²) in [5, 5.41) is 18.8. The summed E-state index contributed by atoms with van der Waals surface area (Å²) in [7, 11) is 0. The number of cyclic esters (lactones) is 1. The first-order valence-corrected chi connectivity index (χ1v) is 38.4. The van der Waals surface area contributed by atoms with Gasteiger partial charge in [-0.05, 0) is 104 Å². The van der Waals surface area contributed by atoms with Gasteiger partial charge in [0.05, 0.1) is 22.4 Å². The number of hydrogen-bond donors (Lipinski definition) is 1. The molecular weight excluding hydrogens is 936 g/mol. The van der Waals surface area contributed by atoms with E-state index in [9.17, 15) is 25.0 Å². The van der Waals surface area contributed by atoms with Gasteiger partial charge < -0.3 is 20.4 Å². The molecule has 3 heterocycles. The number of carboxylic acids is 1. The Kier molecular flexibility index (Phi) is 21.0. The average Bonchev–Trinajstić information content (AvgIpc) is 4.01. The second-order valence-electron chi connectivity index (χ2n) is 16.9. The fourth-order valence-corrected chi connectivity index (χ4v) is 9.52. The Bertz CT molecular complexity index is 3050. The predicted molar refractivity (Wildman–Crippen MR) is 265 cm³/mol. The third-order valence-electron chi connectivity index (χ3n) is 12.3. The van der Waals surface area contributed by atoms with Crippen molar-refractivity contribution in [1.29, 1.82) is 0 Å². The number of benzene rings is 5. The Morgan fingerprint density at radius 2 is 1.09 bits per heavy atom. The van der Waals surface area contributed by atoms with E-state index in [0.717, 1.165) is 77.0 Å². The summed E-state index contributed by atoms with van der Waals surface area (Å²) in [5.41, 5.74) is 31.8. The number of ether oxygens (including phenoxy) is 1. The van der Waals surface area contributed by atoms with Crippen LogP contribution < -0.4 is 51.4 Å². The Labute approximate surface area is 485 Å². The van der Waals surface area contributed by atoms with Crippen molar-refractivity contribution in [2.75, 3.05) is 6.61 Å². The maximum atomic E-state index is 13.9. The normalized spacial score (nSPS) is 14.7. The molecule has 5 aromatic carbocycles. The molecule has 0 bridgehead atoms. The SMILES string of the molecule is Cc1cc(C)c(-n2cc([C@H](C)[C@H](N=[N+]=[N-])C(=O)N3C(=O)OC[C@H]3c3ccccc3)c3ccccc32)c(C)c1.Cc1cc(C)c(-n2cc([C@H](C)[C@H](N=[N+]=[N-])C(=O)O)c3ccccc32)c(C)c1.[H-].[K+].[K][K]. The molecule has 2 amide bonds. The topological polar surface area (TPSA) is 191 Å². The molecule has 68 heavy (non-hydrogen) atoms. The van der Waals surface area contributed by atoms with E-state index >= 15 is 0 Å². The molecule has 7 aromatic rings. The molecule has 334 valence electrons. The number of rotatable bonds is 11. The number of imide groups is 1. The van der Waals surface area contributed by atoms with Crippen LogP contribution >= 0.6 is 0 Å². The summed E-state index contributed by atoms with van der Waals surface area (Å²) in [5.74, 6) is -2.68. The van der Waals surface area contributed by atoms with E-state index in [1.54, 1.807) is 6.92 Å². The van der Waals surface area contributed by atoms with Gasteiger partial charge in [-0.3, -0.25) is 9.59 Å². The van der Waals surface area contributed by atoms with Gasteiger partial charge >= 0.3 is 127 Å². The molecule has 0 spiro atoms. The van der Waals surface area contributed by atoms with Gasteiger partial charge in [-0.25, -0.2) is 9.69 Å². The van der Waals surface area contributed by atoms with Gasteiger partial charge in [0, 0.05) is 44.8 Å². The molecule has 2 aromatic heterocycles. The number of para-hydroxylation sites is 2. The molecule has 14 nitrogen and oxygen atoms in total. The number of fused-ring (bicyclic) bond motifs is 2.